The lowest BCUT2D eigenvalue weighted by atomic mass is 10.3. The second-order valence-corrected chi connectivity index (χ2v) is 3.34. The molecule has 0 spiro atoms. The van der Waals surface area contributed by atoms with E-state index in [0.717, 1.165) is 0 Å². The Balaban J connectivity index is 2.43. The Morgan fingerprint density at radius 2 is 2.25 bits per heavy atom. The zero-order chi connectivity index (χ0) is 9.19. The van der Waals surface area contributed by atoms with Crippen molar-refractivity contribution >= 4 is 5.78 Å². The Bertz CT molecular complexity index is 206. The van der Waals surface area contributed by atoms with Crippen LogP contribution in [0.4, 0.5) is 0 Å². The summed E-state index contributed by atoms with van der Waals surface area (Å²) in [7, 11) is 0. The van der Waals surface area contributed by atoms with Crippen molar-refractivity contribution in [3.05, 3.63) is 12.2 Å². The Morgan fingerprint density at radius 1 is 1.58 bits per heavy atom. The summed E-state index contributed by atoms with van der Waals surface area (Å²) in [4.78, 5) is 10.6. The SMILES string of the molecule is CC(=O)/C=C/[C@H]1COC(C)(C)O1. The molecule has 0 N–H and O–H groups in total. The fourth-order valence-electron chi connectivity index (χ4n) is 1.05. The molecule has 1 saturated heterocycles. The minimum atomic E-state index is -0.508. The van der Waals surface area contributed by atoms with Crippen LogP contribution in [0.15, 0.2) is 12.2 Å². The molecule has 12 heavy (non-hydrogen) atoms. The van der Waals surface area contributed by atoms with E-state index in [1.807, 2.05) is 13.8 Å². The molecule has 1 atom stereocenters. The van der Waals surface area contributed by atoms with Crippen molar-refractivity contribution < 1.29 is 14.3 Å². The van der Waals surface area contributed by atoms with Crippen LogP contribution in [0, 0.1) is 0 Å². The van der Waals surface area contributed by atoms with E-state index in [0.29, 0.717) is 6.61 Å². The van der Waals surface area contributed by atoms with Crippen LogP contribution in [0.2, 0.25) is 0 Å². The van der Waals surface area contributed by atoms with Gasteiger partial charge in [-0.05, 0) is 32.9 Å². The first-order valence-corrected chi connectivity index (χ1v) is 4.00. The van der Waals surface area contributed by atoms with E-state index in [4.69, 9.17) is 9.47 Å². The molecule has 0 bridgehead atoms. The predicted octanol–water partition coefficient (Wildman–Crippen LogP) is 1.28. The first-order chi connectivity index (χ1) is 5.49. The highest BCUT2D eigenvalue weighted by Crippen LogP contribution is 2.22. The van der Waals surface area contributed by atoms with Gasteiger partial charge in [-0.25, -0.2) is 0 Å². The van der Waals surface area contributed by atoms with Gasteiger partial charge in [0.05, 0.1) is 6.61 Å². The van der Waals surface area contributed by atoms with Gasteiger partial charge in [0.1, 0.15) is 6.10 Å². The molecule has 1 rings (SSSR count). The van der Waals surface area contributed by atoms with E-state index in [9.17, 15) is 4.79 Å². The molecular weight excluding hydrogens is 156 g/mol. The summed E-state index contributed by atoms with van der Waals surface area (Å²) in [6.07, 6.45) is 3.16. The molecule has 0 amide bonds. The lowest BCUT2D eigenvalue weighted by Crippen LogP contribution is -2.20. The summed E-state index contributed by atoms with van der Waals surface area (Å²) in [6.45, 7) is 5.75. The Kier molecular flexibility index (Phi) is 2.65. The maximum atomic E-state index is 10.6. The standard InChI is InChI=1S/C9H14O3/c1-7(10)4-5-8-6-11-9(2,3)12-8/h4-5,8H,6H2,1-3H3/b5-4+/t8-/m0/s1. The maximum absolute atomic E-state index is 10.6. The number of hydrogen-bond acceptors (Lipinski definition) is 3. The lowest BCUT2D eigenvalue weighted by Gasteiger charge is -2.15. The van der Waals surface area contributed by atoms with Gasteiger partial charge >= 0.3 is 0 Å². The lowest BCUT2D eigenvalue weighted by molar-refractivity contribution is -0.133. The van der Waals surface area contributed by atoms with Gasteiger partial charge in [0.2, 0.25) is 0 Å². The molecule has 1 fully saturated rings. The van der Waals surface area contributed by atoms with E-state index in [-0.39, 0.29) is 11.9 Å². The Labute approximate surface area is 72.4 Å². The van der Waals surface area contributed by atoms with Gasteiger partial charge < -0.3 is 9.47 Å². The summed E-state index contributed by atoms with van der Waals surface area (Å²) >= 11 is 0. The number of hydrogen-bond donors (Lipinski definition) is 0. The van der Waals surface area contributed by atoms with Crippen molar-refractivity contribution in [1.82, 2.24) is 0 Å². The van der Waals surface area contributed by atoms with Gasteiger partial charge in [0.25, 0.3) is 0 Å². The van der Waals surface area contributed by atoms with Crippen LogP contribution < -0.4 is 0 Å². The highest BCUT2D eigenvalue weighted by atomic mass is 16.7. The second kappa shape index (κ2) is 3.37. The van der Waals surface area contributed by atoms with Crippen molar-refractivity contribution in [2.75, 3.05) is 6.61 Å². The van der Waals surface area contributed by atoms with Crippen LogP contribution in [-0.2, 0) is 14.3 Å². The molecule has 3 nitrogen and oxygen atoms in total. The van der Waals surface area contributed by atoms with Crippen molar-refractivity contribution in [2.24, 2.45) is 0 Å². The molecule has 0 aromatic rings. The molecule has 1 aliphatic rings. The molecule has 0 saturated carbocycles. The highest BCUT2D eigenvalue weighted by Gasteiger charge is 2.30. The van der Waals surface area contributed by atoms with Crippen LogP contribution in [-0.4, -0.2) is 24.3 Å². The molecule has 0 aliphatic carbocycles. The quantitative estimate of drug-likeness (QED) is 0.586. The number of carbonyl (C=O) groups excluding carboxylic acids is 1. The minimum Gasteiger partial charge on any atom is -0.347 e. The number of allylic oxidation sites excluding steroid dienone is 1. The van der Waals surface area contributed by atoms with Crippen LogP contribution in [0.1, 0.15) is 20.8 Å². The molecule has 0 aromatic carbocycles. The highest BCUT2D eigenvalue weighted by molar-refractivity contribution is 5.87. The van der Waals surface area contributed by atoms with Crippen molar-refractivity contribution in [1.29, 1.82) is 0 Å². The predicted molar refractivity (Wildman–Crippen MR) is 44.7 cm³/mol. The number of ether oxygens (including phenoxy) is 2. The Morgan fingerprint density at radius 3 is 2.67 bits per heavy atom. The largest absolute Gasteiger partial charge is 0.347 e. The van der Waals surface area contributed by atoms with Gasteiger partial charge in [0.15, 0.2) is 11.6 Å². The third-order valence-corrected chi connectivity index (χ3v) is 1.58. The van der Waals surface area contributed by atoms with E-state index in [1.54, 1.807) is 6.08 Å². The first-order valence-electron chi connectivity index (χ1n) is 4.00. The van der Waals surface area contributed by atoms with E-state index < -0.39 is 5.79 Å². The summed E-state index contributed by atoms with van der Waals surface area (Å²) in [5.74, 6) is -0.477. The van der Waals surface area contributed by atoms with Crippen molar-refractivity contribution in [3.8, 4) is 0 Å². The van der Waals surface area contributed by atoms with Crippen LogP contribution in [0.25, 0.3) is 0 Å². The van der Waals surface area contributed by atoms with Gasteiger partial charge in [-0.3, -0.25) is 4.79 Å². The first kappa shape index (κ1) is 9.42. The average Bonchev–Trinajstić information content (AvgIpc) is 2.26. The molecule has 0 radical (unpaired) electrons. The fourth-order valence-corrected chi connectivity index (χ4v) is 1.05. The Hall–Kier alpha value is -0.670. The molecule has 0 aromatic heterocycles. The van der Waals surface area contributed by atoms with Crippen LogP contribution in [0.3, 0.4) is 0 Å². The van der Waals surface area contributed by atoms with Gasteiger partial charge in [-0.2, -0.15) is 0 Å². The van der Waals surface area contributed by atoms with Gasteiger partial charge in [-0.1, -0.05) is 0 Å². The summed E-state index contributed by atoms with van der Waals surface area (Å²) in [5, 5.41) is 0. The average molecular weight is 170 g/mol. The van der Waals surface area contributed by atoms with E-state index >= 15 is 0 Å². The maximum Gasteiger partial charge on any atom is 0.163 e. The van der Waals surface area contributed by atoms with Crippen LogP contribution >= 0.6 is 0 Å². The third-order valence-electron chi connectivity index (χ3n) is 1.58. The third kappa shape index (κ3) is 2.75. The monoisotopic (exact) mass is 170 g/mol. The van der Waals surface area contributed by atoms with E-state index in [1.165, 1.54) is 13.0 Å². The zero-order valence-corrected chi connectivity index (χ0v) is 7.66. The number of carbonyl (C=O) groups is 1. The molecule has 1 heterocycles. The fraction of sp³-hybridized carbons (Fsp3) is 0.667. The summed E-state index contributed by atoms with van der Waals surface area (Å²) < 4.78 is 10.7. The molecule has 68 valence electrons. The van der Waals surface area contributed by atoms with Crippen LogP contribution in [0.5, 0.6) is 0 Å². The topological polar surface area (TPSA) is 35.5 Å². The van der Waals surface area contributed by atoms with Crippen molar-refractivity contribution in [2.45, 2.75) is 32.7 Å². The number of rotatable bonds is 2. The van der Waals surface area contributed by atoms with Crippen molar-refractivity contribution in [3.63, 3.8) is 0 Å². The van der Waals surface area contributed by atoms with Gasteiger partial charge in [0, 0.05) is 0 Å². The smallest absolute Gasteiger partial charge is 0.163 e. The minimum absolute atomic E-state index is 0.0308. The summed E-state index contributed by atoms with van der Waals surface area (Å²) in [5.41, 5.74) is 0. The zero-order valence-electron chi connectivity index (χ0n) is 7.66. The molecule has 3 heteroatoms. The normalized spacial score (nSPS) is 28.1. The van der Waals surface area contributed by atoms with Gasteiger partial charge in [-0.15, -0.1) is 0 Å². The number of ketones is 1. The second-order valence-electron chi connectivity index (χ2n) is 3.34. The van der Waals surface area contributed by atoms with E-state index in [2.05, 4.69) is 0 Å². The summed E-state index contributed by atoms with van der Waals surface area (Å²) in [6, 6.07) is 0. The molecular formula is C9H14O3. The molecule has 1 aliphatic heterocycles. The molecule has 0 unspecified atom stereocenters.